The highest BCUT2D eigenvalue weighted by Gasteiger charge is 2.46. The van der Waals surface area contributed by atoms with Crippen molar-refractivity contribution in [2.45, 2.75) is 314 Å². The van der Waals surface area contributed by atoms with E-state index in [-0.39, 0.29) is 71.7 Å². The number of anilines is 15. The van der Waals surface area contributed by atoms with Crippen molar-refractivity contribution >= 4 is 108 Å². The summed E-state index contributed by atoms with van der Waals surface area (Å²) in [5.74, 6) is 0. The van der Waals surface area contributed by atoms with Crippen LogP contribution >= 0.6 is 0 Å². The molecule has 2 heterocycles. The van der Waals surface area contributed by atoms with E-state index < -0.39 is 0 Å². The highest BCUT2D eigenvalue weighted by Crippen LogP contribution is 2.54. The van der Waals surface area contributed by atoms with Crippen LogP contribution in [0.5, 0.6) is 0 Å². The quantitative estimate of drug-likeness (QED) is 0.120. The van der Waals surface area contributed by atoms with E-state index in [2.05, 4.69) is 492 Å². The molecule has 0 radical (unpaired) electrons. The van der Waals surface area contributed by atoms with Crippen LogP contribution in [0.3, 0.4) is 0 Å². The SMILES string of the molecule is CC(C)(C)c1ccc(N(c2ccc(C(C)(C)C)cc2)c2ccc3c(c2)N(c2cc(C(C)(C)C)cc(C(C)(C)C)c2)c2cc(N(c4cc(C(C)(C)C)cc(C(C)(C)C)c4)c4cc(C(C)(C)C)cc(C(C)(C)C)c4)cc4c2B3c2ccc(N(c3ccc(C(C)(C)C)cc3)c3ccc(C(C)(C)C)cc3)cc2N4c2cc(C(C)(C)C)cc(C(C)(C)C)c2)cc1. The molecule has 0 N–H and O–H groups in total. The lowest BCUT2D eigenvalue weighted by molar-refractivity contribution is 0.567. The molecule has 2 aliphatic rings. The van der Waals surface area contributed by atoms with Gasteiger partial charge in [0.1, 0.15) is 0 Å². The van der Waals surface area contributed by atoms with Crippen molar-refractivity contribution in [2.75, 3.05) is 24.5 Å². The monoisotopic (exact) mass is 1590 g/mol. The van der Waals surface area contributed by atoms with Gasteiger partial charge in [-0.2, -0.15) is 0 Å². The first kappa shape index (κ1) is 88.3. The summed E-state index contributed by atoms with van der Waals surface area (Å²) in [6.45, 7) is 84.9. The van der Waals surface area contributed by atoms with E-state index >= 15 is 0 Å². The third-order valence-electron chi connectivity index (χ3n) is 25.4. The number of rotatable bonds is 11. The Balaban J connectivity index is 1.28. The molecule has 0 saturated heterocycles. The van der Waals surface area contributed by atoms with Gasteiger partial charge < -0.3 is 24.5 Å². The third-order valence-corrected chi connectivity index (χ3v) is 25.4. The lowest BCUT2D eigenvalue weighted by Gasteiger charge is -2.46. The van der Waals surface area contributed by atoms with Gasteiger partial charge in [0.05, 0.1) is 5.69 Å². The largest absolute Gasteiger partial charge is 0.311 e. The fourth-order valence-electron chi connectivity index (χ4n) is 17.1. The van der Waals surface area contributed by atoms with Crippen molar-refractivity contribution in [2.24, 2.45) is 0 Å². The van der Waals surface area contributed by atoms with Crippen LogP contribution in [-0.4, -0.2) is 6.71 Å². The maximum absolute atomic E-state index is 2.73. The van der Waals surface area contributed by atoms with Gasteiger partial charge in [-0.05, 0) is 282 Å². The molecule has 0 amide bonds. The molecule has 0 atom stereocenters. The fourth-order valence-corrected chi connectivity index (χ4v) is 17.1. The van der Waals surface area contributed by atoms with Crippen LogP contribution in [0.25, 0.3) is 0 Å². The molecular weight excluding hydrogens is 1450 g/mol. The molecule has 628 valence electrons. The fraction of sp³-hybridized carbons (Fsp3) is 0.421. The van der Waals surface area contributed by atoms with E-state index in [4.69, 9.17) is 0 Å². The lowest BCUT2D eigenvalue weighted by atomic mass is 9.33. The van der Waals surface area contributed by atoms with E-state index in [1.165, 1.54) is 83.1 Å². The second-order valence-corrected chi connectivity index (χ2v) is 47.8. The molecule has 2 aliphatic heterocycles. The molecule has 11 aromatic carbocycles. The predicted molar refractivity (Wildman–Crippen MR) is 529 cm³/mol. The Labute approximate surface area is 727 Å². The molecule has 0 fully saturated rings. The second-order valence-electron chi connectivity index (χ2n) is 47.8. The third kappa shape index (κ3) is 17.9. The minimum atomic E-state index is -0.275. The lowest BCUT2D eigenvalue weighted by Crippen LogP contribution is -2.61. The van der Waals surface area contributed by atoms with Crippen LogP contribution < -0.4 is 40.9 Å². The summed E-state index contributed by atoms with van der Waals surface area (Å²) in [5, 5.41) is 0. The maximum Gasteiger partial charge on any atom is 0.252 e. The predicted octanol–water partition coefficient (Wildman–Crippen LogP) is 31.7. The molecular formula is C114H144BN5. The Bertz CT molecular complexity index is 5050. The topological polar surface area (TPSA) is 16.2 Å². The van der Waals surface area contributed by atoms with Gasteiger partial charge in [0.2, 0.25) is 0 Å². The number of fused-ring (bicyclic) bond motifs is 4. The number of benzene rings is 11. The summed E-state index contributed by atoms with van der Waals surface area (Å²) >= 11 is 0. The first-order chi connectivity index (χ1) is 55.0. The van der Waals surface area contributed by atoms with E-state index in [9.17, 15) is 0 Å². The van der Waals surface area contributed by atoms with Gasteiger partial charge in [0.15, 0.2) is 0 Å². The highest BCUT2D eigenvalue weighted by atomic mass is 15.2. The Morgan fingerprint density at radius 1 is 0.167 bits per heavy atom. The van der Waals surface area contributed by atoms with E-state index in [0.717, 1.165) is 85.3 Å². The van der Waals surface area contributed by atoms with Crippen LogP contribution in [0.15, 0.2) is 218 Å². The summed E-state index contributed by atoms with van der Waals surface area (Å²) in [7, 11) is 0. The molecule has 6 heteroatoms. The summed E-state index contributed by atoms with van der Waals surface area (Å²) in [4.78, 5) is 13.2. The van der Waals surface area contributed by atoms with Gasteiger partial charge in [-0.1, -0.05) is 334 Å². The van der Waals surface area contributed by atoms with Gasteiger partial charge in [-0.15, -0.1) is 0 Å². The maximum atomic E-state index is 2.73. The molecule has 0 aliphatic carbocycles. The molecule has 5 nitrogen and oxygen atoms in total. The normalized spacial score (nSPS) is 13.9. The zero-order chi connectivity index (χ0) is 88.2. The molecule has 0 aromatic heterocycles. The van der Waals surface area contributed by atoms with E-state index in [0.29, 0.717) is 0 Å². The van der Waals surface area contributed by atoms with Gasteiger partial charge in [0.25, 0.3) is 6.71 Å². The average molecular weight is 1600 g/mol. The molecule has 0 unspecified atom stereocenters. The molecule has 0 spiro atoms. The molecule has 13 rings (SSSR count). The molecule has 0 bridgehead atoms. The first-order valence-corrected chi connectivity index (χ1v) is 44.6. The first-order valence-electron chi connectivity index (χ1n) is 44.6. The van der Waals surface area contributed by atoms with Crippen molar-refractivity contribution in [3.8, 4) is 0 Å². The van der Waals surface area contributed by atoms with Gasteiger partial charge in [-0.3, -0.25) is 0 Å². The van der Waals surface area contributed by atoms with Crippen molar-refractivity contribution in [3.05, 3.63) is 285 Å². The van der Waals surface area contributed by atoms with Crippen LogP contribution in [0.4, 0.5) is 85.3 Å². The van der Waals surface area contributed by atoms with Crippen LogP contribution in [0.1, 0.15) is 316 Å². The zero-order valence-corrected chi connectivity index (χ0v) is 80.6. The Kier molecular flexibility index (Phi) is 22.2. The molecule has 11 aromatic rings. The van der Waals surface area contributed by atoms with Crippen molar-refractivity contribution in [3.63, 3.8) is 0 Å². The standard InChI is InChI=1S/C114H144BN5/c1-103(2,3)73-37-45-85(46-38-73)116(86-47-39-74(40-48-86)104(4,5)6)89-53-55-96-98(69-89)119(93-65-81(111(25,26)27)59-82(66-93)112(28,29)30)100-71-95(118(91-61-77(107(13,14)15)57-78(62-91)108(16,17)18)92-63-79(109(19,20)21)58-80(64-92)110(22,23)24)72-101-102(100)115(96)97-56-54-90(70-99(97)120(101)94-67-83(113(31,32)33)60-84(68-94)114(34,35)36)117(87-49-41-75(42-50-87)105(7,8)9)88-51-43-76(44-52-88)106(10,11)12/h37-72H,1-36H3. The highest BCUT2D eigenvalue weighted by molar-refractivity contribution is 7.00. The molecule has 0 saturated carbocycles. The Hall–Kier alpha value is -9.52. The minimum Gasteiger partial charge on any atom is -0.311 e. The van der Waals surface area contributed by atoms with Crippen LogP contribution in [0.2, 0.25) is 0 Å². The van der Waals surface area contributed by atoms with Crippen molar-refractivity contribution < 1.29 is 0 Å². The van der Waals surface area contributed by atoms with Gasteiger partial charge in [-0.25, -0.2) is 0 Å². The second kappa shape index (κ2) is 30.2. The number of hydrogen-bond acceptors (Lipinski definition) is 5. The number of hydrogen-bond donors (Lipinski definition) is 0. The van der Waals surface area contributed by atoms with Crippen LogP contribution in [0, 0.1) is 0 Å². The van der Waals surface area contributed by atoms with E-state index in [1.54, 1.807) is 0 Å². The summed E-state index contributed by atoms with van der Waals surface area (Å²) in [5.41, 5.74) is 34.1. The smallest absolute Gasteiger partial charge is 0.252 e. The minimum absolute atomic E-state index is 0.0443. The van der Waals surface area contributed by atoms with Gasteiger partial charge in [0, 0.05) is 79.6 Å². The Morgan fingerprint density at radius 2 is 0.342 bits per heavy atom. The van der Waals surface area contributed by atoms with Crippen LogP contribution in [-0.2, 0) is 65.0 Å². The average Bonchev–Trinajstić information content (AvgIpc) is 0.689. The summed E-state index contributed by atoms with van der Waals surface area (Å²) in [6, 6.07) is 88.2. The summed E-state index contributed by atoms with van der Waals surface area (Å²) < 4.78 is 0. The van der Waals surface area contributed by atoms with Gasteiger partial charge >= 0.3 is 0 Å². The summed E-state index contributed by atoms with van der Waals surface area (Å²) in [6.07, 6.45) is 0. The number of nitrogens with zero attached hydrogens (tertiary/aromatic N) is 5. The Morgan fingerprint density at radius 3 is 0.550 bits per heavy atom. The van der Waals surface area contributed by atoms with Crippen molar-refractivity contribution in [1.82, 2.24) is 0 Å². The van der Waals surface area contributed by atoms with E-state index in [1.807, 2.05) is 0 Å². The zero-order valence-electron chi connectivity index (χ0n) is 80.6. The van der Waals surface area contributed by atoms with Crippen molar-refractivity contribution in [1.29, 1.82) is 0 Å². The molecule has 120 heavy (non-hydrogen) atoms.